The van der Waals surface area contributed by atoms with Crippen LogP contribution in [-0.2, 0) is 11.8 Å². The molecule has 0 atom stereocenters. The molecule has 1 heterocycles. The fraction of sp³-hybridized carbons (Fsp3) is 0.615. The molecule has 0 aliphatic heterocycles. The van der Waals surface area contributed by atoms with Crippen LogP contribution in [-0.4, -0.2) is 23.6 Å². The zero-order valence-corrected chi connectivity index (χ0v) is 11.4. The maximum absolute atomic E-state index is 11.9. The summed E-state index contributed by atoms with van der Waals surface area (Å²) < 4.78 is 1.97. The molecule has 4 nitrogen and oxygen atoms in total. The van der Waals surface area contributed by atoms with E-state index in [1.807, 2.05) is 38.0 Å². The van der Waals surface area contributed by atoms with Crippen LogP contribution < -0.4 is 10.2 Å². The third-order valence-corrected chi connectivity index (χ3v) is 2.58. The molecule has 0 radical (unpaired) electrons. The van der Waals surface area contributed by atoms with E-state index < -0.39 is 0 Å². The normalized spacial score (nSPS) is 10.7. The predicted octanol–water partition coefficient (Wildman–Crippen LogP) is 2.61. The molecular formula is C13H23N3O. The Labute approximate surface area is 104 Å². The lowest BCUT2D eigenvalue weighted by atomic mass is 10.2. The van der Waals surface area contributed by atoms with Gasteiger partial charge in [0.25, 0.3) is 0 Å². The van der Waals surface area contributed by atoms with Crippen LogP contribution in [0, 0.1) is 0 Å². The minimum absolute atomic E-state index is 0.158. The van der Waals surface area contributed by atoms with Crippen LogP contribution >= 0.6 is 0 Å². The lowest BCUT2D eigenvalue weighted by Crippen LogP contribution is -2.26. The third kappa shape index (κ3) is 3.51. The summed E-state index contributed by atoms with van der Waals surface area (Å²) >= 11 is 0. The fourth-order valence-corrected chi connectivity index (χ4v) is 1.77. The first kappa shape index (κ1) is 13.6. The predicted molar refractivity (Wildman–Crippen MR) is 72.5 cm³/mol. The van der Waals surface area contributed by atoms with Gasteiger partial charge in [0, 0.05) is 39.0 Å². The van der Waals surface area contributed by atoms with Crippen LogP contribution in [0.5, 0.6) is 0 Å². The summed E-state index contributed by atoms with van der Waals surface area (Å²) in [6.07, 6.45) is 5.44. The Kier molecular flexibility index (Phi) is 4.61. The highest BCUT2D eigenvalue weighted by Crippen LogP contribution is 2.27. The van der Waals surface area contributed by atoms with E-state index in [4.69, 9.17) is 0 Å². The molecular weight excluding hydrogens is 214 g/mol. The molecule has 1 N–H and O–H groups in total. The second-order valence-corrected chi connectivity index (χ2v) is 4.72. The molecule has 0 aliphatic carbocycles. The van der Waals surface area contributed by atoms with Crippen molar-refractivity contribution in [2.45, 2.75) is 39.7 Å². The molecule has 1 aromatic heterocycles. The highest BCUT2D eigenvalue weighted by atomic mass is 16.2. The molecule has 1 amide bonds. The van der Waals surface area contributed by atoms with Crippen molar-refractivity contribution in [2.24, 2.45) is 7.05 Å². The summed E-state index contributed by atoms with van der Waals surface area (Å²) in [5, 5.41) is 3.36. The number of hydrogen-bond acceptors (Lipinski definition) is 2. The van der Waals surface area contributed by atoms with Crippen molar-refractivity contribution in [3.8, 4) is 0 Å². The van der Waals surface area contributed by atoms with E-state index in [0.717, 1.165) is 17.8 Å². The maximum Gasteiger partial charge on any atom is 0.226 e. The van der Waals surface area contributed by atoms with Gasteiger partial charge < -0.3 is 14.8 Å². The van der Waals surface area contributed by atoms with E-state index in [9.17, 15) is 4.79 Å². The molecule has 1 aromatic rings. The van der Waals surface area contributed by atoms with Gasteiger partial charge in [0.15, 0.2) is 0 Å². The highest BCUT2D eigenvalue weighted by molar-refractivity contribution is 5.96. The number of hydrogen-bond donors (Lipinski definition) is 1. The molecule has 0 aromatic carbocycles. The molecule has 0 saturated heterocycles. The van der Waals surface area contributed by atoms with E-state index >= 15 is 0 Å². The molecule has 0 bridgehead atoms. The third-order valence-electron chi connectivity index (χ3n) is 2.58. The molecule has 0 saturated carbocycles. The molecule has 0 unspecified atom stereocenters. The quantitative estimate of drug-likeness (QED) is 0.854. The van der Waals surface area contributed by atoms with Crippen molar-refractivity contribution in [1.29, 1.82) is 0 Å². The van der Waals surface area contributed by atoms with Crippen LogP contribution in [0.25, 0.3) is 0 Å². The molecule has 1 rings (SSSR count). The number of nitrogens with zero attached hydrogens (tertiary/aromatic N) is 2. The lowest BCUT2D eigenvalue weighted by Gasteiger charge is -2.19. The van der Waals surface area contributed by atoms with Crippen molar-refractivity contribution in [3.05, 3.63) is 12.4 Å². The van der Waals surface area contributed by atoms with Crippen molar-refractivity contribution >= 4 is 17.3 Å². The average molecular weight is 237 g/mol. The van der Waals surface area contributed by atoms with E-state index in [2.05, 4.69) is 19.2 Å². The van der Waals surface area contributed by atoms with Crippen molar-refractivity contribution < 1.29 is 4.79 Å². The van der Waals surface area contributed by atoms with Crippen molar-refractivity contribution in [2.75, 3.05) is 17.3 Å². The van der Waals surface area contributed by atoms with Gasteiger partial charge in [-0.2, -0.15) is 0 Å². The van der Waals surface area contributed by atoms with E-state index in [-0.39, 0.29) is 5.91 Å². The van der Waals surface area contributed by atoms with Gasteiger partial charge in [-0.25, -0.2) is 0 Å². The molecule has 0 spiro atoms. The van der Waals surface area contributed by atoms with Crippen molar-refractivity contribution in [3.63, 3.8) is 0 Å². The summed E-state index contributed by atoms with van der Waals surface area (Å²) in [4.78, 5) is 13.6. The summed E-state index contributed by atoms with van der Waals surface area (Å²) in [7, 11) is 3.80. The minimum atomic E-state index is 0.158. The zero-order chi connectivity index (χ0) is 13.0. The molecule has 17 heavy (non-hydrogen) atoms. The summed E-state index contributed by atoms with van der Waals surface area (Å²) in [6.45, 7) is 6.19. The maximum atomic E-state index is 11.9. The Bertz CT molecular complexity index is 382. The largest absolute Gasteiger partial charge is 0.380 e. The number of aromatic nitrogens is 1. The molecule has 4 heteroatoms. The first-order chi connectivity index (χ1) is 7.95. The second-order valence-electron chi connectivity index (χ2n) is 4.72. The van der Waals surface area contributed by atoms with Crippen LogP contribution in [0.2, 0.25) is 0 Å². The summed E-state index contributed by atoms with van der Waals surface area (Å²) in [5.41, 5.74) is 1.95. The van der Waals surface area contributed by atoms with Gasteiger partial charge in [-0.05, 0) is 20.3 Å². The van der Waals surface area contributed by atoms with Crippen LogP contribution in [0.3, 0.4) is 0 Å². The number of aryl methyl sites for hydroxylation is 1. The van der Waals surface area contributed by atoms with E-state index in [1.54, 1.807) is 4.90 Å². The number of amides is 1. The number of nitrogens with one attached hydrogen (secondary N) is 1. The van der Waals surface area contributed by atoms with Gasteiger partial charge in [-0.1, -0.05) is 6.92 Å². The monoisotopic (exact) mass is 237 g/mol. The van der Waals surface area contributed by atoms with Crippen LogP contribution in [0.1, 0.15) is 33.6 Å². The Morgan fingerprint density at radius 1 is 1.47 bits per heavy atom. The van der Waals surface area contributed by atoms with E-state index in [0.29, 0.717) is 12.5 Å². The first-order valence-electron chi connectivity index (χ1n) is 6.14. The molecule has 96 valence electrons. The smallest absolute Gasteiger partial charge is 0.226 e. The standard InChI is InChI=1S/C13H23N3O/c1-6-7-13(17)16(5)12-9-15(4)8-11(12)14-10(2)3/h8-10,14H,6-7H2,1-5H3. The van der Waals surface area contributed by atoms with Gasteiger partial charge in [0.1, 0.15) is 0 Å². The Hall–Kier alpha value is -1.45. The second kappa shape index (κ2) is 5.75. The Morgan fingerprint density at radius 2 is 2.12 bits per heavy atom. The number of carbonyl (C=O) groups is 1. The first-order valence-corrected chi connectivity index (χ1v) is 6.14. The molecule has 0 aliphatic rings. The van der Waals surface area contributed by atoms with Gasteiger partial charge in [-0.15, -0.1) is 0 Å². The van der Waals surface area contributed by atoms with Gasteiger partial charge in [-0.3, -0.25) is 4.79 Å². The SMILES string of the molecule is CCCC(=O)N(C)c1cn(C)cc1NC(C)C. The number of carbonyl (C=O) groups excluding carboxylic acids is 1. The topological polar surface area (TPSA) is 37.3 Å². The van der Waals surface area contributed by atoms with E-state index in [1.165, 1.54) is 0 Å². The van der Waals surface area contributed by atoms with Gasteiger partial charge >= 0.3 is 0 Å². The lowest BCUT2D eigenvalue weighted by molar-refractivity contribution is -0.118. The average Bonchev–Trinajstić information content (AvgIpc) is 2.57. The Morgan fingerprint density at radius 3 is 2.65 bits per heavy atom. The zero-order valence-electron chi connectivity index (χ0n) is 11.4. The highest BCUT2D eigenvalue weighted by Gasteiger charge is 2.15. The fourth-order valence-electron chi connectivity index (χ4n) is 1.77. The number of rotatable bonds is 5. The van der Waals surface area contributed by atoms with Crippen LogP contribution in [0.4, 0.5) is 11.4 Å². The van der Waals surface area contributed by atoms with Crippen molar-refractivity contribution in [1.82, 2.24) is 4.57 Å². The van der Waals surface area contributed by atoms with Crippen LogP contribution in [0.15, 0.2) is 12.4 Å². The van der Waals surface area contributed by atoms with Gasteiger partial charge in [0.05, 0.1) is 11.4 Å². The Balaban J connectivity index is 2.91. The van der Waals surface area contributed by atoms with Gasteiger partial charge in [0.2, 0.25) is 5.91 Å². The summed E-state index contributed by atoms with van der Waals surface area (Å²) in [6, 6.07) is 0.353. The number of anilines is 2. The summed E-state index contributed by atoms with van der Waals surface area (Å²) in [5.74, 6) is 0.158. The molecule has 0 fully saturated rings. The minimum Gasteiger partial charge on any atom is -0.380 e.